The largest absolute Gasteiger partial charge is 0.313 e. The molecule has 3 atom stereocenters. The van der Waals surface area contributed by atoms with Gasteiger partial charge in [-0.05, 0) is 30.2 Å². The van der Waals surface area contributed by atoms with Crippen LogP contribution in [0, 0.1) is 17.3 Å². The smallest absolute Gasteiger partial charge is 0.0126 e. The second-order valence-electron chi connectivity index (χ2n) is 5.59. The van der Waals surface area contributed by atoms with Crippen molar-refractivity contribution in [1.29, 1.82) is 0 Å². The fraction of sp³-hybridized carbons (Fsp3) is 1.00. The maximum atomic E-state index is 3.66. The Morgan fingerprint density at radius 3 is 2.46 bits per heavy atom. The summed E-state index contributed by atoms with van der Waals surface area (Å²) in [4.78, 5) is 0. The number of nitrogens with one attached hydrogen (secondary N) is 1. The van der Waals surface area contributed by atoms with Crippen molar-refractivity contribution in [1.82, 2.24) is 5.32 Å². The van der Waals surface area contributed by atoms with E-state index in [0.29, 0.717) is 5.41 Å². The summed E-state index contributed by atoms with van der Waals surface area (Å²) in [6.45, 7) is 13.0. The summed E-state index contributed by atoms with van der Waals surface area (Å²) in [7, 11) is 0. The van der Waals surface area contributed by atoms with E-state index < -0.39 is 0 Å². The molecule has 0 aromatic heterocycles. The highest BCUT2D eigenvalue weighted by Crippen LogP contribution is 2.35. The van der Waals surface area contributed by atoms with Crippen LogP contribution < -0.4 is 5.32 Å². The van der Waals surface area contributed by atoms with Crippen molar-refractivity contribution >= 4 is 0 Å². The molecule has 1 heteroatoms. The molecule has 0 aromatic rings. The SMILES string of the molecule is CCC1CCNC1C(C)C(C)(C)C. The van der Waals surface area contributed by atoms with Gasteiger partial charge in [0.05, 0.1) is 0 Å². The Hall–Kier alpha value is -0.0400. The summed E-state index contributed by atoms with van der Waals surface area (Å²) in [5.74, 6) is 1.69. The van der Waals surface area contributed by atoms with E-state index in [0.717, 1.165) is 17.9 Å². The molecule has 0 bridgehead atoms. The second-order valence-corrected chi connectivity index (χ2v) is 5.59. The molecule has 0 saturated carbocycles. The molecule has 1 aliphatic rings. The lowest BCUT2D eigenvalue weighted by Crippen LogP contribution is -2.40. The van der Waals surface area contributed by atoms with Crippen LogP contribution in [0.25, 0.3) is 0 Å². The van der Waals surface area contributed by atoms with E-state index in [2.05, 4.69) is 39.9 Å². The van der Waals surface area contributed by atoms with Gasteiger partial charge in [0.2, 0.25) is 0 Å². The third kappa shape index (κ3) is 2.46. The van der Waals surface area contributed by atoms with Crippen molar-refractivity contribution in [2.75, 3.05) is 6.54 Å². The van der Waals surface area contributed by atoms with Crippen LogP contribution in [0.4, 0.5) is 0 Å². The number of hydrogen-bond donors (Lipinski definition) is 1. The summed E-state index contributed by atoms with van der Waals surface area (Å²) in [6, 6.07) is 0.755. The van der Waals surface area contributed by atoms with Crippen LogP contribution in [0.3, 0.4) is 0 Å². The molecule has 0 amide bonds. The average molecular weight is 183 g/mol. The quantitative estimate of drug-likeness (QED) is 0.694. The maximum Gasteiger partial charge on any atom is 0.0126 e. The van der Waals surface area contributed by atoms with Gasteiger partial charge in [0, 0.05) is 6.04 Å². The standard InChI is InChI=1S/C12H25N/c1-6-10-7-8-13-11(10)9(2)12(3,4)5/h9-11,13H,6-8H2,1-5H3. The Labute approximate surface area is 83.3 Å². The Kier molecular flexibility index (Phi) is 3.39. The third-order valence-electron chi connectivity index (χ3n) is 3.83. The molecule has 0 aliphatic carbocycles. The van der Waals surface area contributed by atoms with Crippen LogP contribution in [-0.2, 0) is 0 Å². The van der Waals surface area contributed by atoms with Gasteiger partial charge < -0.3 is 5.32 Å². The van der Waals surface area contributed by atoms with Gasteiger partial charge in [-0.1, -0.05) is 41.0 Å². The lowest BCUT2D eigenvalue weighted by molar-refractivity contribution is 0.178. The van der Waals surface area contributed by atoms with Crippen molar-refractivity contribution < 1.29 is 0 Å². The minimum atomic E-state index is 0.440. The lowest BCUT2D eigenvalue weighted by atomic mass is 9.74. The Morgan fingerprint density at radius 1 is 1.38 bits per heavy atom. The first-order valence-corrected chi connectivity index (χ1v) is 5.70. The molecule has 13 heavy (non-hydrogen) atoms. The molecule has 0 aromatic carbocycles. The van der Waals surface area contributed by atoms with E-state index in [9.17, 15) is 0 Å². The van der Waals surface area contributed by atoms with Gasteiger partial charge in [-0.2, -0.15) is 0 Å². The summed E-state index contributed by atoms with van der Waals surface area (Å²) < 4.78 is 0. The number of hydrogen-bond acceptors (Lipinski definition) is 1. The van der Waals surface area contributed by atoms with E-state index >= 15 is 0 Å². The maximum absolute atomic E-state index is 3.66. The molecular formula is C12H25N. The molecule has 1 heterocycles. The minimum Gasteiger partial charge on any atom is -0.313 e. The fourth-order valence-electron chi connectivity index (χ4n) is 2.36. The van der Waals surface area contributed by atoms with Crippen LogP contribution in [0.5, 0.6) is 0 Å². The molecule has 1 N–H and O–H groups in total. The highest BCUT2D eigenvalue weighted by molar-refractivity contribution is 4.90. The molecule has 0 radical (unpaired) electrons. The second kappa shape index (κ2) is 4.00. The van der Waals surface area contributed by atoms with Crippen molar-refractivity contribution in [3.63, 3.8) is 0 Å². The van der Waals surface area contributed by atoms with Gasteiger partial charge in [-0.3, -0.25) is 0 Å². The first-order valence-electron chi connectivity index (χ1n) is 5.70. The molecule has 1 fully saturated rings. The Balaban J connectivity index is 2.60. The predicted molar refractivity (Wildman–Crippen MR) is 58.8 cm³/mol. The molecule has 1 aliphatic heterocycles. The predicted octanol–water partition coefficient (Wildman–Crippen LogP) is 3.06. The lowest BCUT2D eigenvalue weighted by Gasteiger charge is -2.35. The van der Waals surface area contributed by atoms with Crippen molar-refractivity contribution in [3.05, 3.63) is 0 Å². The first-order chi connectivity index (χ1) is 5.96. The third-order valence-corrected chi connectivity index (χ3v) is 3.83. The van der Waals surface area contributed by atoms with Crippen LogP contribution >= 0.6 is 0 Å². The first kappa shape index (κ1) is 11.0. The summed E-state index contributed by atoms with van der Waals surface area (Å²) in [6.07, 6.45) is 2.71. The molecule has 1 rings (SSSR count). The highest BCUT2D eigenvalue weighted by Gasteiger charge is 2.35. The monoisotopic (exact) mass is 183 g/mol. The number of rotatable bonds is 2. The van der Waals surface area contributed by atoms with Crippen LogP contribution in [0.15, 0.2) is 0 Å². The Bertz CT molecular complexity index is 157. The van der Waals surface area contributed by atoms with Crippen molar-refractivity contribution in [3.8, 4) is 0 Å². The van der Waals surface area contributed by atoms with Gasteiger partial charge in [-0.15, -0.1) is 0 Å². The van der Waals surface area contributed by atoms with Crippen LogP contribution in [0.1, 0.15) is 47.5 Å². The van der Waals surface area contributed by atoms with Gasteiger partial charge in [0.1, 0.15) is 0 Å². The van der Waals surface area contributed by atoms with Gasteiger partial charge in [0.25, 0.3) is 0 Å². The molecule has 0 spiro atoms. The Morgan fingerprint density at radius 2 is 2.00 bits per heavy atom. The zero-order chi connectivity index (χ0) is 10.1. The zero-order valence-electron chi connectivity index (χ0n) is 9.85. The topological polar surface area (TPSA) is 12.0 Å². The average Bonchev–Trinajstić information content (AvgIpc) is 2.48. The van der Waals surface area contributed by atoms with Crippen LogP contribution in [0.2, 0.25) is 0 Å². The molecule has 3 unspecified atom stereocenters. The molecular weight excluding hydrogens is 158 g/mol. The van der Waals surface area contributed by atoms with E-state index in [4.69, 9.17) is 0 Å². The highest BCUT2D eigenvalue weighted by atomic mass is 15.0. The van der Waals surface area contributed by atoms with Crippen molar-refractivity contribution in [2.24, 2.45) is 17.3 Å². The minimum absolute atomic E-state index is 0.440. The summed E-state index contributed by atoms with van der Waals surface area (Å²) >= 11 is 0. The summed E-state index contributed by atoms with van der Waals surface area (Å²) in [5.41, 5.74) is 0.440. The van der Waals surface area contributed by atoms with E-state index in [1.54, 1.807) is 0 Å². The van der Waals surface area contributed by atoms with Crippen LogP contribution in [-0.4, -0.2) is 12.6 Å². The summed E-state index contributed by atoms with van der Waals surface area (Å²) in [5, 5.41) is 3.66. The normalized spacial score (nSPS) is 32.1. The molecule has 78 valence electrons. The molecule has 1 saturated heterocycles. The van der Waals surface area contributed by atoms with E-state index in [-0.39, 0.29) is 0 Å². The van der Waals surface area contributed by atoms with E-state index in [1.165, 1.54) is 19.4 Å². The van der Waals surface area contributed by atoms with Gasteiger partial charge >= 0.3 is 0 Å². The van der Waals surface area contributed by atoms with Crippen molar-refractivity contribution in [2.45, 2.75) is 53.5 Å². The fourth-order valence-corrected chi connectivity index (χ4v) is 2.36. The van der Waals surface area contributed by atoms with E-state index in [1.807, 2.05) is 0 Å². The van der Waals surface area contributed by atoms with Gasteiger partial charge in [0.15, 0.2) is 0 Å². The van der Waals surface area contributed by atoms with Gasteiger partial charge in [-0.25, -0.2) is 0 Å². The molecule has 1 nitrogen and oxygen atoms in total. The zero-order valence-corrected chi connectivity index (χ0v) is 9.85.